The van der Waals surface area contributed by atoms with E-state index in [1.807, 2.05) is 0 Å². The highest BCUT2D eigenvalue weighted by Crippen LogP contribution is 2.21. The zero-order valence-corrected chi connectivity index (χ0v) is 12.4. The Kier molecular flexibility index (Phi) is 4.97. The number of carbonyl (C=O) groups excluding carboxylic acids is 1. The van der Waals surface area contributed by atoms with Crippen LogP contribution in [0.15, 0.2) is 0 Å². The maximum absolute atomic E-state index is 11.4. The van der Waals surface area contributed by atoms with Gasteiger partial charge in [0.2, 0.25) is 10.0 Å². The fraction of sp³-hybridized carbons (Fsp3) is 0.909. The summed E-state index contributed by atoms with van der Waals surface area (Å²) >= 11 is 0. The van der Waals surface area contributed by atoms with Gasteiger partial charge in [-0.25, -0.2) is 14.3 Å². The lowest BCUT2D eigenvalue weighted by Crippen LogP contribution is -2.50. The molecule has 0 aliphatic carbocycles. The molecule has 2 aliphatic heterocycles. The fourth-order valence-corrected chi connectivity index (χ4v) is 3.48. The average molecular weight is 306 g/mol. The number of ether oxygens (including phenoxy) is 1. The number of amides is 1. The molecule has 2 atom stereocenters. The predicted molar refractivity (Wildman–Crippen MR) is 73.1 cm³/mol. The van der Waals surface area contributed by atoms with Gasteiger partial charge >= 0.3 is 0 Å². The largest absolute Gasteiger partial charge is 0.364 e. The molecule has 2 rings (SSSR count). The third kappa shape index (κ3) is 3.89. The Morgan fingerprint density at radius 3 is 2.50 bits per heavy atom. The molecule has 0 aromatic rings. The van der Waals surface area contributed by atoms with Crippen LogP contribution in [0.3, 0.4) is 0 Å². The zero-order chi connectivity index (χ0) is 14.8. The molecule has 0 aromatic heterocycles. The Morgan fingerprint density at radius 1 is 1.30 bits per heavy atom. The van der Waals surface area contributed by atoms with Crippen molar-refractivity contribution >= 4 is 15.9 Å². The summed E-state index contributed by atoms with van der Waals surface area (Å²) in [5.41, 5.74) is 2.10. The Labute approximate surface area is 119 Å². The fourth-order valence-electron chi connectivity index (χ4n) is 2.66. The summed E-state index contributed by atoms with van der Waals surface area (Å²) in [5, 5.41) is 0. The monoisotopic (exact) mass is 306 g/mol. The third-order valence-electron chi connectivity index (χ3n) is 3.80. The van der Waals surface area contributed by atoms with Crippen LogP contribution in [0.2, 0.25) is 0 Å². The summed E-state index contributed by atoms with van der Waals surface area (Å²) in [7, 11) is -3.09. The van der Waals surface area contributed by atoms with Gasteiger partial charge in [-0.05, 0) is 12.8 Å². The first-order chi connectivity index (χ1) is 9.40. The molecular formula is C11H22N4O4S. The number of nitrogens with two attached hydrogens (primary N) is 1. The predicted octanol–water partition coefficient (Wildman–Crippen LogP) is -1.90. The standard InChI is InChI=1S/C11H22N4O4S/c1-20(17,18)15-6-4-14(5-7-15)8-9-2-3-10(19-9)11(16)13-12/h9-10H,2-8,12H2,1H3,(H,13,16). The molecule has 0 bridgehead atoms. The molecule has 2 heterocycles. The van der Waals surface area contributed by atoms with Crippen LogP contribution in [0.25, 0.3) is 0 Å². The van der Waals surface area contributed by atoms with Crippen molar-refractivity contribution in [1.82, 2.24) is 14.6 Å². The van der Waals surface area contributed by atoms with E-state index in [0.29, 0.717) is 32.6 Å². The maximum atomic E-state index is 11.4. The van der Waals surface area contributed by atoms with E-state index in [-0.39, 0.29) is 12.0 Å². The van der Waals surface area contributed by atoms with Crippen molar-refractivity contribution in [2.45, 2.75) is 25.0 Å². The lowest BCUT2D eigenvalue weighted by Gasteiger charge is -2.34. The molecule has 2 fully saturated rings. The lowest BCUT2D eigenvalue weighted by molar-refractivity contribution is -0.132. The Bertz CT molecular complexity index is 447. The molecule has 2 saturated heterocycles. The van der Waals surface area contributed by atoms with E-state index >= 15 is 0 Å². The van der Waals surface area contributed by atoms with Gasteiger partial charge in [0.05, 0.1) is 12.4 Å². The number of hydrogen-bond donors (Lipinski definition) is 2. The number of hydrazine groups is 1. The van der Waals surface area contributed by atoms with Crippen molar-refractivity contribution in [3.05, 3.63) is 0 Å². The number of rotatable bonds is 4. The summed E-state index contributed by atoms with van der Waals surface area (Å²) in [6, 6.07) is 0. The van der Waals surface area contributed by atoms with Crippen molar-refractivity contribution in [3.8, 4) is 0 Å². The molecule has 3 N–H and O–H groups in total. The smallest absolute Gasteiger partial charge is 0.263 e. The molecule has 0 radical (unpaired) electrons. The van der Waals surface area contributed by atoms with Gasteiger partial charge < -0.3 is 4.74 Å². The summed E-state index contributed by atoms with van der Waals surface area (Å²) in [6.45, 7) is 3.14. The average Bonchev–Trinajstić information content (AvgIpc) is 2.86. The molecule has 9 heteroatoms. The number of carbonyl (C=O) groups is 1. The van der Waals surface area contributed by atoms with E-state index in [0.717, 1.165) is 13.0 Å². The first-order valence-corrected chi connectivity index (χ1v) is 8.58. The van der Waals surface area contributed by atoms with Crippen LogP contribution >= 0.6 is 0 Å². The zero-order valence-electron chi connectivity index (χ0n) is 11.6. The minimum absolute atomic E-state index is 0.0158. The van der Waals surface area contributed by atoms with Crippen molar-refractivity contribution in [2.24, 2.45) is 5.84 Å². The number of sulfonamides is 1. The van der Waals surface area contributed by atoms with E-state index in [9.17, 15) is 13.2 Å². The summed E-state index contributed by atoms with van der Waals surface area (Å²) in [4.78, 5) is 13.5. The Balaban J connectivity index is 1.75. The van der Waals surface area contributed by atoms with E-state index in [1.54, 1.807) is 0 Å². The van der Waals surface area contributed by atoms with Gasteiger partial charge in [-0.15, -0.1) is 0 Å². The summed E-state index contributed by atoms with van der Waals surface area (Å²) in [5.74, 6) is 4.80. The van der Waals surface area contributed by atoms with Gasteiger partial charge in [-0.2, -0.15) is 4.31 Å². The molecule has 116 valence electrons. The van der Waals surface area contributed by atoms with Crippen molar-refractivity contribution in [2.75, 3.05) is 39.0 Å². The van der Waals surface area contributed by atoms with Crippen LogP contribution in [0.1, 0.15) is 12.8 Å². The normalized spacial score (nSPS) is 29.5. The third-order valence-corrected chi connectivity index (χ3v) is 5.11. The van der Waals surface area contributed by atoms with Crippen molar-refractivity contribution < 1.29 is 17.9 Å². The highest BCUT2D eigenvalue weighted by atomic mass is 32.2. The quantitative estimate of drug-likeness (QED) is 0.357. The van der Waals surface area contributed by atoms with Crippen LogP contribution in [0.5, 0.6) is 0 Å². The molecule has 20 heavy (non-hydrogen) atoms. The number of nitrogens with zero attached hydrogens (tertiary/aromatic N) is 2. The number of piperazine rings is 1. The topological polar surface area (TPSA) is 105 Å². The van der Waals surface area contributed by atoms with Gasteiger partial charge in [0, 0.05) is 32.7 Å². The van der Waals surface area contributed by atoms with Crippen molar-refractivity contribution in [1.29, 1.82) is 0 Å². The molecular weight excluding hydrogens is 284 g/mol. The number of hydrogen-bond acceptors (Lipinski definition) is 6. The van der Waals surface area contributed by atoms with Gasteiger partial charge in [-0.1, -0.05) is 0 Å². The van der Waals surface area contributed by atoms with E-state index in [4.69, 9.17) is 10.6 Å². The minimum atomic E-state index is -3.09. The molecule has 0 aromatic carbocycles. The Hall–Kier alpha value is -0.740. The minimum Gasteiger partial charge on any atom is -0.364 e. The van der Waals surface area contributed by atoms with Crippen LogP contribution < -0.4 is 11.3 Å². The SMILES string of the molecule is CS(=O)(=O)N1CCN(CC2CCC(C(=O)NN)O2)CC1. The van der Waals surface area contributed by atoms with Crippen LogP contribution in [-0.4, -0.2) is 74.7 Å². The van der Waals surface area contributed by atoms with Crippen molar-refractivity contribution in [3.63, 3.8) is 0 Å². The molecule has 0 spiro atoms. The van der Waals surface area contributed by atoms with Gasteiger partial charge in [-0.3, -0.25) is 15.1 Å². The van der Waals surface area contributed by atoms with Gasteiger partial charge in [0.15, 0.2) is 0 Å². The van der Waals surface area contributed by atoms with Crippen LogP contribution in [0, 0.1) is 0 Å². The molecule has 2 unspecified atom stereocenters. The Morgan fingerprint density at radius 2 is 1.95 bits per heavy atom. The van der Waals surface area contributed by atoms with Gasteiger partial charge in [0.1, 0.15) is 6.10 Å². The first kappa shape index (κ1) is 15.6. The van der Waals surface area contributed by atoms with E-state index < -0.39 is 16.1 Å². The molecule has 1 amide bonds. The second kappa shape index (κ2) is 6.35. The van der Waals surface area contributed by atoms with Crippen LogP contribution in [-0.2, 0) is 19.6 Å². The van der Waals surface area contributed by atoms with E-state index in [2.05, 4.69) is 10.3 Å². The second-order valence-electron chi connectivity index (χ2n) is 5.30. The highest BCUT2D eigenvalue weighted by molar-refractivity contribution is 7.88. The second-order valence-corrected chi connectivity index (χ2v) is 7.28. The van der Waals surface area contributed by atoms with Crippen LogP contribution in [0.4, 0.5) is 0 Å². The number of nitrogens with one attached hydrogen (secondary N) is 1. The maximum Gasteiger partial charge on any atom is 0.263 e. The van der Waals surface area contributed by atoms with E-state index in [1.165, 1.54) is 10.6 Å². The first-order valence-electron chi connectivity index (χ1n) is 6.73. The molecule has 0 saturated carbocycles. The lowest BCUT2D eigenvalue weighted by atomic mass is 10.2. The molecule has 8 nitrogen and oxygen atoms in total. The highest BCUT2D eigenvalue weighted by Gasteiger charge is 2.32. The summed E-state index contributed by atoms with van der Waals surface area (Å²) < 4.78 is 30.0. The summed E-state index contributed by atoms with van der Waals surface area (Å²) in [6.07, 6.45) is 2.30. The van der Waals surface area contributed by atoms with Gasteiger partial charge in [0.25, 0.3) is 5.91 Å². The molecule has 2 aliphatic rings.